The molecule has 3 heterocycles. The Kier molecular flexibility index (Phi) is 4.70. The first kappa shape index (κ1) is 21.1. The molecule has 0 saturated carbocycles. The average molecular weight is 447 g/mol. The van der Waals surface area contributed by atoms with Gasteiger partial charge in [-0.05, 0) is 69.7 Å². The van der Waals surface area contributed by atoms with Gasteiger partial charge in [0.1, 0.15) is 23.1 Å². The van der Waals surface area contributed by atoms with Crippen molar-refractivity contribution >= 4 is 5.78 Å². The number of carbonyl (C=O) groups excluding carboxylic acids is 1. The Morgan fingerprint density at radius 1 is 1.12 bits per heavy atom. The number of hydrogen-bond acceptors (Lipinski definition) is 5. The van der Waals surface area contributed by atoms with Crippen LogP contribution in [0, 0.1) is 0 Å². The number of benzene rings is 2. The van der Waals surface area contributed by atoms with E-state index in [4.69, 9.17) is 9.47 Å². The molecule has 0 fully saturated rings. The van der Waals surface area contributed by atoms with Gasteiger partial charge in [-0.2, -0.15) is 0 Å². The van der Waals surface area contributed by atoms with E-state index >= 15 is 0 Å². The topological polar surface area (TPSA) is 84.5 Å². The number of ketones is 1. The van der Waals surface area contributed by atoms with Crippen molar-refractivity contribution in [1.82, 2.24) is 13.9 Å². The highest BCUT2D eigenvalue weighted by molar-refractivity contribution is 5.94. The van der Waals surface area contributed by atoms with Crippen molar-refractivity contribution in [3.05, 3.63) is 86.2 Å². The molecule has 170 valence electrons. The van der Waals surface area contributed by atoms with E-state index in [1.165, 1.54) is 16.3 Å². The summed E-state index contributed by atoms with van der Waals surface area (Å²) in [5.74, 6) is 1.23. The molecule has 2 aliphatic heterocycles. The molecule has 2 aromatic carbocycles. The molecular formula is C25H25N3O5. The van der Waals surface area contributed by atoms with Gasteiger partial charge in [0.15, 0.2) is 5.78 Å². The summed E-state index contributed by atoms with van der Waals surface area (Å²) in [6, 6.07) is 11.6. The first-order valence-electron chi connectivity index (χ1n) is 10.9. The van der Waals surface area contributed by atoms with Crippen molar-refractivity contribution in [2.75, 3.05) is 6.61 Å². The van der Waals surface area contributed by atoms with Crippen LogP contribution in [0.25, 0.3) is 5.69 Å². The summed E-state index contributed by atoms with van der Waals surface area (Å²) in [7, 11) is 0. The third-order valence-electron chi connectivity index (χ3n) is 6.27. The fourth-order valence-electron chi connectivity index (χ4n) is 4.70. The predicted molar refractivity (Wildman–Crippen MR) is 123 cm³/mol. The number of aromatic nitrogens is 3. The van der Waals surface area contributed by atoms with Gasteiger partial charge in [0.05, 0.1) is 18.8 Å². The highest BCUT2D eigenvalue weighted by Crippen LogP contribution is 2.47. The standard InChI is InChI=1S/C25H25N3O5/c1-5-32-18-10-11-19-21(14-18)33-25(3,4)20-12-13-26-23(30)27(24(31)28(26)22(19)20)17-8-6-16(7-9-17)15(2)29/h6-12,14,22H,5,13H2,1-4H3. The molecule has 33 heavy (non-hydrogen) atoms. The van der Waals surface area contributed by atoms with Gasteiger partial charge in [0.25, 0.3) is 0 Å². The lowest BCUT2D eigenvalue weighted by Crippen LogP contribution is -2.46. The Labute approximate surface area is 190 Å². The van der Waals surface area contributed by atoms with Gasteiger partial charge in [-0.1, -0.05) is 6.08 Å². The molecule has 0 amide bonds. The zero-order chi connectivity index (χ0) is 23.5. The number of ether oxygens (including phenoxy) is 2. The van der Waals surface area contributed by atoms with Crippen LogP contribution in [0.3, 0.4) is 0 Å². The molecule has 8 heteroatoms. The van der Waals surface area contributed by atoms with E-state index in [-0.39, 0.29) is 12.3 Å². The van der Waals surface area contributed by atoms with Crippen molar-refractivity contribution in [3.8, 4) is 17.2 Å². The first-order valence-corrected chi connectivity index (χ1v) is 10.9. The average Bonchev–Trinajstić information content (AvgIpc) is 3.03. The number of carbonyl (C=O) groups is 1. The molecule has 1 aromatic heterocycles. The lowest BCUT2D eigenvalue weighted by Gasteiger charge is -2.42. The Morgan fingerprint density at radius 2 is 1.85 bits per heavy atom. The van der Waals surface area contributed by atoms with Crippen LogP contribution < -0.4 is 20.9 Å². The minimum absolute atomic E-state index is 0.0805. The number of nitrogens with zero attached hydrogens (tertiary/aromatic N) is 3. The van der Waals surface area contributed by atoms with Crippen LogP contribution in [0.15, 0.2) is 63.7 Å². The summed E-state index contributed by atoms with van der Waals surface area (Å²) < 4.78 is 16.0. The zero-order valence-corrected chi connectivity index (χ0v) is 19.0. The Bertz CT molecular complexity index is 1420. The molecule has 1 unspecified atom stereocenters. The van der Waals surface area contributed by atoms with E-state index in [9.17, 15) is 14.4 Å². The third-order valence-corrected chi connectivity index (χ3v) is 6.27. The molecular weight excluding hydrogens is 422 g/mol. The summed E-state index contributed by atoms with van der Waals surface area (Å²) in [6.07, 6.45) is 1.97. The highest BCUT2D eigenvalue weighted by Gasteiger charge is 2.43. The fraction of sp³-hybridized carbons (Fsp3) is 0.320. The summed E-state index contributed by atoms with van der Waals surface area (Å²) in [5.41, 5.74) is 1.11. The van der Waals surface area contributed by atoms with Gasteiger partial charge in [0.2, 0.25) is 0 Å². The number of Topliss-reactive ketones (excluding diaryl/α,β-unsaturated/α-hetero) is 1. The van der Waals surface area contributed by atoms with Crippen molar-refractivity contribution in [1.29, 1.82) is 0 Å². The van der Waals surface area contributed by atoms with Gasteiger partial charge in [-0.15, -0.1) is 0 Å². The molecule has 0 radical (unpaired) electrons. The van der Waals surface area contributed by atoms with Crippen LogP contribution in [0.4, 0.5) is 0 Å². The normalized spacial score (nSPS) is 17.8. The maximum Gasteiger partial charge on any atom is 0.352 e. The fourth-order valence-corrected chi connectivity index (χ4v) is 4.70. The number of fused-ring (bicyclic) bond motifs is 5. The smallest absolute Gasteiger partial charge is 0.352 e. The van der Waals surface area contributed by atoms with Crippen molar-refractivity contribution in [3.63, 3.8) is 0 Å². The van der Waals surface area contributed by atoms with Gasteiger partial charge in [-0.3, -0.25) is 4.79 Å². The van der Waals surface area contributed by atoms with Crippen LogP contribution in [0.2, 0.25) is 0 Å². The maximum absolute atomic E-state index is 13.6. The summed E-state index contributed by atoms with van der Waals surface area (Å²) in [5, 5.41) is 0. The summed E-state index contributed by atoms with van der Waals surface area (Å²) in [4.78, 5) is 38.6. The molecule has 0 saturated heterocycles. The van der Waals surface area contributed by atoms with E-state index in [0.717, 1.165) is 15.7 Å². The summed E-state index contributed by atoms with van der Waals surface area (Å²) in [6.45, 7) is 8.09. The lowest BCUT2D eigenvalue weighted by atomic mass is 9.83. The number of allylic oxidation sites excluding steroid dienone is 1. The second-order valence-electron chi connectivity index (χ2n) is 8.74. The van der Waals surface area contributed by atoms with Gasteiger partial charge >= 0.3 is 11.4 Å². The minimum Gasteiger partial charge on any atom is -0.494 e. The van der Waals surface area contributed by atoms with Crippen LogP contribution in [-0.2, 0) is 6.54 Å². The van der Waals surface area contributed by atoms with Crippen molar-refractivity contribution in [2.24, 2.45) is 0 Å². The van der Waals surface area contributed by atoms with Crippen LogP contribution in [0.5, 0.6) is 11.5 Å². The second kappa shape index (κ2) is 7.37. The molecule has 0 N–H and O–H groups in total. The molecule has 8 nitrogen and oxygen atoms in total. The Hall–Kier alpha value is -3.81. The lowest BCUT2D eigenvalue weighted by molar-refractivity contribution is 0.101. The monoisotopic (exact) mass is 447 g/mol. The molecule has 0 spiro atoms. The minimum atomic E-state index is -0.672. The predicted octanol–water partition coefficient (Wildman–Crippen LogP) is 3.10. The quantitative estimate of drug-likeness (QED) is 0.453. The van der Waals surface area contributed by atoms with Crippen LogP contribution in [-0.4, -0.2) is 31.9 Å². The third kappa shape index (κ3) is 3.16. The van der Waals surface area contributed by atoms with E-state index in [1.54, 1.807) is 24.3 Å². The van der Waals surface area contributed by atoms with Crippen LogP contribution in [0.1, 0.15) is 49.7 Å². The highest BCUT2D eigenvalue weighted by atomic mass is 16.5. The van der Waals surface area contributed by atoms with Crippen molar-refractivity contribution < 1.29 is 14.3 Å². The first-order chi connectivity index (χ1) is 15.7. The Balaban J connectivity index is 1.70. The van der Waals surface area contributed by atoms with Crippen molar-refractivity contribution in [2.45, 2.75) is 45.9 Å². The SMILES string of the molecule is CCOc1ccc2c(c1)OC(C)(C)C1=CCn3c(=O)n(-c4ccc(C(C)=O)cc4)c(=O)n3C12. The number of rotatable bonds is 4. The van der Waals surface area contributed by atoms with E-state index in [1.807, 2.05) is 45.0 Å². The largest absolute Gasteiger partial charge is 0.494 e. The van der Waals surface area contributed by atoms with Gasteiger partial charge in [0, 0.05) is 17.2 Å². The molecule has 0 aliphatic carbocycles. The van der Waals surface area contributed by atoms with Gasteiger partial charge < -0.3 is 9.47 Å². The maximum atomic E-state index is 13.6. The van der Waals surface area contributed by atoms with E-state index in [0.29, 0.717) is 29.4 Å². The molecule has 1 atom stereocenters. The zero-order valence-electron chi connectivity index (χ0n) is 19.0. The summed E-state index contributed by atoms with van der Waals surface area (Å²) >= 11 is 0. The van der Waals surface area contributed by atoms with Gasteiger partial charge in [-0.25, -0.2) is 23.5 Å². The molecule has 5 rings (SSSR count). The molecule has 3 aromatic rings. The van der Waals surface area contributed by atoms with E-state index in [2.05, 4.69) is 0 Å². The second-order valence-corrected chi connectivity index (χ2v) is 8.74. The van der Waals surface area contributed by atoms with Crippen LogP contribution >= 0.6 is 0 Å². The molecule has 0 bridgehead atoms. The number of hydrogen-bond donors (Lipinski definition) is 0. The van der Waals surface area contributed by atoms with E-state index < -0.39 is 23.0 Å². The molecule has 2 aliphatic rings. The Morgan fingerprint density at radius 3 is 2.52 bits per heavy atom.